The molecule has 1 rings (SSSR count). The van der Waals surface area contributed by atoms with Crippen molar-refractivity contribution < 1.29 is 9.52 Å². The van der Waals surface area contributed by atoms with E-state index in [4.69, 9.17) is 4.42 Å². The lowest BCUT2D eigenvalue weighted by Gasteiger charge is -2.04. The minimum atomic E-state index is -0.461. The SMILES string of the molecule is CCCCCCCCCCCCCCCCCCCc1cc(O)cc(=O)o1. The fourth-order valence-corrected chi connectivity index (χ4v) is 3.66. The van der Waals surface area contributed by atoms with Gasteiger partial charge in [-0.2, -0.15) is 0 Å². The zero-order valence-corrected chi connectivity index (χ0v) is 17.6. The van der Waals surface area contributed by atoms with Crippen LogP contribution in [0.4, 0.5) is 0 Å². The summed E-state index contributed by atoms with van der Waals surface area (Å²) in [5.41, 5.74) is -0.461. The van der Waals surface area contributed by atoms with Crippen LogP contribution in [0.15, 0.2) is 21.3 Å². The first-order valence-corrected chi connectivity index (χ1v) is 11.6. The Morgan fingerprint density at radius 2 is 1.07 bits per heavy atom. The summed E-state index contributed by atoms with van der Waals surface area (Å²) in [4.78, 5) is 11.2. The maximum absolute atomic E-state index is 11.2. The second kappa shape index (κ2) is 16.9. The summed E-state index contributed by atoms with van der Waals surface area (Å²) < 4.78 is 5.07. The molecule has 1 N–H and O–H groups in total. The first-order valence-electron chi connectivity index (χ1n) is 11.6. The average molecular weight is 379 g/mol. The quantitative estimate of drug-likeness (QED) is 0.268. The Bertz CT molecular complexity index is 507. The normalized spacial score (nSPS) is 11.1. The van der Waals surface area contributed by atoms with Gasteiger partial charge in [0.15, 0.2) is 0 Å². The lowest BCUT2D eigenvalue weighted by atomic mass is 10.0. The van der Waals surface area contributed by atoms with Crippen LogP contribution in [0.3, 0.4) is 0 Å². The van der Waals surface area contributed by atoms with Gasteiger partial charge in [0.05, 0.1) is 6.07 Å². The molecule has 3 heteroatoms. The molecule has 0 aliphatic carbocycles. The molecule has 27 heavy (non-hydrogen) atoms. The van der Waals surface area contributed by atoms with Gasteiger partial charge >= 0.3 is 5.63 Å². The Labute approximate surface area is 166 Å². The van der Waals surface area contributed by atoms with E-state index in [2.05, 4.69) is 6.92 Å². The molecule has 0 saturated carbocycles. The molecule has 0 saturated heterocycles. The van der Waals surface area contributed by atoms with Gasteiger partial charge < -0.3 is 9.52 Å². The van der Waals surface area contributed by atoms with Crippen molar-refractivity contribution in [3.05, 3.63) is 28.3 Å². The molecule has 3 nitrogen and oxygen atoms in total. The van der Waals surface area contributed by atoms with Gasteiger partial charge in [-0.1, -0.05) is 110 Å². The molecular weight excluding hydrogens is 336 g/mol. The zero-order chi connectivity index (χ0) is 19.6. The standard InChI is InChI=1S/C24H42O3/c1-2-3-4-5-6-7-8-9-10-11-12-13-14-15-16-17-18-19-23-20-22(25)21-24(26)27-23/h20-21,25H,2-19H2,1H3. The van der Waals surface area contributed by atoms with E-state index in [0.717, 1.165) is 25.3 Å². The molecule has 1 aromatic heterocycles. The van der Waals surface area contributed by atoms with Crippen LogP contribution in [-0.4, -0.2) is 5.11 Å². The van der Waals surface area contributed by atoms with Crippen LogP contribution < -0.4 is 5.63 Å². The predicted molar refractivity (Wildman–Crippen MR) is 115 cm³/mol. The second-order valence-electron chi connectivity index (χ2n) is 8.01. The van der Waals surface area contributed by atoms with E-state index in [-0.39, 0.29) is 5.75 Å². The summed E-state index contributed by atoms with van der Waals surface area (Å²) in [6.45, 7) is 2.28. The number of aromatic hydroxyl groups is 1. The van der Waals surface area contributed by atoms with Crippen LogP contribution in [0, 0.1) is 0 Å². The van der Waals surface area contributed by atoms with Crippen molar-refractivity contribution in [2.75, 3.05) is 0 Å². The molecule has 0 amide bonds. The van der Waals surface area contributed by atoms with Crippen molar-refractivity contribution in [2.24, 2.45) is 0 Å². The average Bonchev–Trinajstić information content (AvgIpc) is 2.63. The molecule has 0 spiro atoms. The highest BCUT2D eigenvalue weighted by Crippen LogP contribution is 2.15. The molecule has 1 heterocycles. The molecule has 0 aliphatic rings. The fourth-order valence-electron chi connectivity index (χ4n) is 3.66. The highest BCUT2D eigenvalue weighted by molar-refractivity contribution is 5.18. The molecular formula is C24H42O3. The third-order valence-electron chi connectivity index (χ3n) is 5.33. The summed E-state index contributed by atoms with van der Waals surface area (Å²) in [5.74, 6) is 0.606. The van der Waals surface area contributed by atoms with E-state index in [1.165, 1.54) is 96.3 Å². The van der Waals surface area contributed by atoms with E-state index in [0.29, 0.717) is 5.76 Å². The minimum absolute atomic E-state index is 0.00761. The summed E-state index contributed by atoms with van der Waals surface area (Å²) in [6.07, 6.45) is 23.8. The molecule has 0 radical (unpaired) electrons. The van der Waals surface area contributed by atoms with E-state index in [1.54, 1.807) is 6.07 Å². The number of aryl methyl sites for hydroxylation is 1. The molecule has 0 atom stereocenters. The monoisotopic (exact) mass is 378 g/mol. The third kappa shape index (κ3) is 14.5. The number of rotatable bonds is 18. The van der Waals surface area contributed by atoms with E-state index >= 15 is 0 Å². The zero-order valence-electron chi connectivity index (χ0n) is 17.6. The first-order chi connectivity index (χ1) is 13.2. The van der Waals surface area contributed by atoms with Crippen LogP contribution in [0.5, 0.6) is 5.75 Å². The summed E-state index contributed by atoms with van der Waals surface area (Å²) in [5, 5.41) is 9.38. The molecule has 156 valence electrons. The predicted octanol–water partition coefficient (Wildman–Crippen LogP) is 7.54. The highest BCUT2D eigenvalue weighted by Gasteiger charge is 2.01. The van der Waals surface area contributed by atoms with Crippen LogP contribution in [0.1, 0.15) is 122 Å². The van der Waals surface area contributed by atoms with Crippen molar-refractivity contribution in [3.8, 4) is 5.75 Å². The third-order valence-corrected chi connectivity index (χ3v) is 5.33. The van der Waals surface area contributed by atoms with Crippen molar-refractivity contribution in [1.29, 1.82) is 0 Å². The Balaban J connectivity index is 1.78. The van der Waals surface area contributed by atoms with Gasteiger partial charge in [-0.15, -0.1) is 0 Å². The van der Waals surface area contributed by atoms with Crippen LogP contribution >= 0.6 is 0 Å². The van der Waals surface area contributed by atoms with Crippen molar-refractivity contribution >= 4 is 0 Å². The van der Waals surface area contributed by atoms with Gasteiger partial charge in [-0.3, -0.25) is 0 Å². The Morgan fingerprint density at radius 1 is 0.667 bits per heavy atom. The molecule has 0 fully saturated rings. The molecule has 0 unspecified atom stereocenters. The first kappa shape index (κ1) is 23.8. The maximum atomic E-state index is 11.2. The number of unbranched alkanes of at least 4 members (excludes halogenated alkanes) is 16. The summed E-state index contributed by atoms with van der Waals surface area (Å²) >= 11 is 0. The van der Waals surface area contributed by atoms with Crippen molar-refractivity contribution in [1.82, 2.24) is 0 Å². The van der Waals surface area contributed by atoms with Gasteiger partial charge in [0, 0.05) is 12.5 Å². The van der Waals surface area contributed by atoms with Gasteiger partial charge in [0.2, 0.25) is 0 Å². The Hall–Kier alpha value is -1.25. The molecule has 0 aliphatic heterocycles. The van der Waals surface area contributed by atoms with Crippen LogP contribution in [-0.2, 0) is 6.42 Å². The number of hydrogen-bond acceptors (Lipinski definition) is 3. The smallest absolute Gasteiger partial charge is 0.339 e. The van der Waals surface area contributed by atoms with Crippen LogP contribution in [0.2, 0.25) is 0 Å². The second-order valence-corrected chi connectivity index (χ2v) is 8.01. The lowest BCUT2D eigenvalue weighted by molar-refractivity contribution is 0.418. The minimum Gasteiger partial charge on any atom is -0.508 e. The van der Waals surface area contributed by atoms with E-state index in [1.807, 2.05) is 0 Å². The summed E-state index contributed by atoms with van der Waals surface area (Å²) in [7, 11) is 0. The lowest BCUT2D eigenvalue weighted by Crippen LogP contribution is -1.98. The van der Waals surface area contributed by atoms with Gasteiger partial charge in [-0.05, 0) is 6.42 Å². The molecule has 0 bridgehead atoms. The maximum Gasteiger partial charge on any atom is 0.339 e. The van der Waals surface area contributed by atoms with Crippen molar-refractivity contribution in [3.63, 3.8) is 0 Å². The molecule has 1 aromatic rings. The Morgan fingerprint density at radius 3 is 1.48 bits per heavy atom. The van der Waals surface area contributed by atoms with E-state index < -0.39 is 5.63 Å². The number of hydrogen-bond donors (Lipinski definition) is 1. The van der Waals surface area contributed by atoms with Crippen LogP contribution in [0.25, 0.3) is 0 Å². The van der Waals surface area contributed by atoms with Gasteiger partial charge in [0.1, 0.15) is 11.5 Å². The largest absolute Gasteiger partial charge is 0.508 e. The van der Waals surface area contributed by atoms with Gasteiger partial charge in [0.25, 0.3) is 0 Å². The fraction of sp³-hybridized carbons (Fsp3) is 0.792. The topological polar surface area (TPSA) is 50.4 Å². The van der Waals surface area contributed by atoms with Gasteiger partial charge in [-0.25, -0.2) is 4.79 Å². The molecule has 0 aromatic carbocycles. The summed E-state index contributed by atoms with van der Waals surface area (Å²) in [6, 6.07) is 2.66. The van der Waals surface area contributed by atoms with E-state index in [9.17, 15) is 9.90 Å². The Kier molecular flexibility index (Phi) is 14.9. The highest BCUT2D eigenvalue weighted by atomic mass is 16.4. The van der Waals surface area contributed by atoms with Crippen molar-refractivity contribution in [2.45, 2.75) is 122 Å².